The number of nitrogens with zero attached hydrogens (tertiary/aromatic N) is 1. The number of rotatable bonds is 8. The number of aryl methyl sites for hydroxylation is 1. The monoisotopic (exact) mass is 479 g/mol. The van der Waals surface area contributed by atoms with Crippen molar-refractivity contribution < 1.29 is 37.0 Å². The molecule has 2 aromatic carbocycles. The zero-order chi connectivity index (χ0) is 25.1. The molecule has 4 amide bonds. The van der Waals surface area contributed by atoms with Gasteiger partial charge in [-0.05, 0) is 43.2 Å². The van der Waals surface area contributed by atoms with Gasteiger partial charge < -0.3 is 20.1 Å². The lowest BCUT2D eigenvalue weighted by molar-refractivity contribution is -0.137. The molecule has 1 saturated heterocycles. The Kier molecular flexibility index (Phi) is 7.15. The molecule has 182 valence electrons. The van der Waals surface area contributed by atoms with Crippen molar-refractivity contribution >= 4 is 23.5 Å². The normalized spacial score (nSPS) is 18.1. The molecule has 8 nitrogen and oxygen atoms in total. The third-order valence-electron chi connectivity index (χ3n) is 5.39. The number of alkyl halides is 3. The molecule has 1 aliphatic rings. The van der Waals surface area contributed by atoms with E-state index >= 15 is 0 Å². The molecule has 3 rings (SSSR count). The number of imide groups is 1. The molecule has 1 fully saturated rings. The minimum atomic E-state index is -4.65. The summed E-state index contributed by atoms with van der Waals surface area (Å²) in [6.07, 6.45) is -4.65. The van der Waals surface area contributed by atoms with Crippen LogP contribution in [0.2, 0.25) is 0 Å². The van der Waals surface area contributed by atoms with Crippen LogP contribution in [0, 0.1) is 6.92 Å². The zero-order valence-electron chi connectivity index (χ0n) is 18.8. The molecule has 0 spiro atoms. The van der Waals surface area contributed by atoms with E-state index in [4.69, 9.17) is 9.47 Å². The summed E-state index contributed by atoms with van der Waals surface area (Å²) in [7, 11) is 1.43. The highest BCUT2D eigenvalue weighted by Gasteiger charge is 2.50. The third-order valence-corrected chi connectivity index (χ3v) is 5.39. The zero-order valence-corrected chi connectivity index (χ0v) is 18.8. The van der Waals surface area contributed by atoms with Gasteiger partial charge in [0.15, 0.2) is 0 Å². The fraction of sp³-hybridized carbons (Fsp3) is 0.348. The average Bonchev–Trinajstić information content (AvgIpc) is 2.98. The first-order valence-corrected chi connectivity index (χ1v) is 10.3. The summed E-state index contributed by atoms with van der Waals surface area (Å²) in [5.41, 5.74) is -1.28. The second-order valence-corrected chi connectivity index (χ2v) is 7.86. The Morgan fingerprint density at radius 2 is 1.85 bits per heavy atom. The van der Waals surface area contributed by atoms with Gasteiger partial charge in [0.05, 0.1) is 17.9 Å². The maximum Gasteiger partial charge on any atom is 0.416 e. The van der Waals surface area contributed by atoms with Crippen LogP contribution in [0.4, 0.5) is 23.7 Å². The Morgan fingerprint density at radius 3 is 2.50 bits per heavy atom. The smallest absolute Gasteiger partial charge is 0.416 e. The van der Waals surface area contributed by atoms with E-state index < -0.39 is 41.7 Å². The number of hydrogen-bond acceptors (Lipinski definition) is 5. The summed E-state index contributed by atoms with van der Waals surface area (Å²) in [5, 5.41) is 4.92. The molecule has 1 atom stereocenters. The molecule has 0 bridgehead atoms. The number of carbonyl (C=O) groups is 3. The lowest BCUT2D eigenvalue weighted by Crippen LogP contribution is -2.42. The summed E-state index contributed by atoms with van der Waals surface area (Å²) < 4.78 is 49.8. The van der Waals surface area contributed by atoms with Crippen LogP contribution in [0.1, 0.15) is 23.6 Å². The Balaban J connectivity index is 1.80. The lowest BCUT2D eigenvalue weighted by Gasteiger charge is -2.24. The molecule has 0 radical (unpaired) electrons. The van der Waals surface area contributed by atoms with Gasteiger partial charge in [0.1, 0.15) is 24.4 Å². The number of nitrogens with one attached hydrogen (secondary N) is 2. The van der Waals surface area contributed by atoms with Crippen LogP contribution in [0.15, 0.2) is 42.5 Å². The van der Waals surface area contributed by atoms with Gasteiger partial charge in [0.2, 0.25) is 5.91 Å². The largest absolute Gasteiger partial charge is 0.489 e. The fourth-order valence-electron chi connectivity index (χ4n) is 3.66. The molecule has 0 saturated carbocycles. The van der Waals surface area contributed by atoms with Crippen molar-refractivity contribution in [2.24, 2.45) is 0 Å². The molecule has 0 aromatic heterocycles. The highest BCUT2D eigenvalue weighted by atomic mass is 19.4. The van der Waals surface area contributed by atoms with E-state index in [9.17, 15) is 27.6 Å². The number of hydrogen-bond donors (Lipinski definition) is 2. The highest BCUT2D eigenvalue weighted by Crippen LogP contribution is 2.35. The van der Waals surface area contributed by atoms with Crippen molar-refractivity contribution in [3.8, 4) is 5.75 Å². The number of halogens is 3. The van der Waals surface area contributed by atoms with E-state index in [-0.39, 0.29) is 24.7 Å². The van der Waals surface area contributed by atoms with Gasteiger partial charge in [-0.3, -0.25) is 14.5 Å². The van der Waals surface area contributed by atoms with Crippen LogP contribution in [-0.4, -0.2) is 49.6 Å². The molecule has 2 aromatic rings. The molecular weight excluding hydrogens is 455 g/mol. The summed E-state index contributed by atoms with van der Waals surface area (Å²) >= 11 is 0. The number of ether oxygens (including phenoxy) is 2. The molecule has 1 heterocycles. The van der Waals surface area contributed by atoms with Gasteiger partial charge in [-0.2, -0.15) is 13.2 Å². The summed E-state index contributed by atoms with van der Waals surface area (Å²) in [6, 6.07) is 8.84. The van der Waals surface area contributed by atoms with Crippen molar-refractivity contribution in [3.05, 3.63) is 59.2 Å². The van der Waals surface area contributed by atoms with E-state index in [1.807, 2.05) is 0 Å². The maximum atomic E-state index is 13.2. The lowest BCUT2D eigenvalue weighted by atomic mass is 9.88. The Morgan fingerprint density at radius 1 is 1.15 bits per heavy atom. The summed E-state index contributed by atoms with van der Waals surface area (Å²) in [6.45, 7) is 2.83. The Hall–Kier alpha value is -3.60. The first-order valence-electron chi connectivity index (χ1n) is 10.3. The van der Waals surface area contributed by atoms with Gasteiger partial charge in [0.25, 0.3) is 5.91 Å². The molecule has 2 N–H and O–H groups in total. The molecule has 1 aliphatic heterocycles. The predicted octanol–water partition coefficient (Wildman–Crippen LogP) is 3.44. The van der Waals surface area contributed by atoms with Crippen molar-refractivity contribution in [2.45, 2.75) is 25.6 Å². The van der Waals surface area contributed by atoms with E-state index in [1.54, 1.807) is 31.2 Å². The molecule has 11 heteroatoms. The number of methoxy groups -OCH3 is 1. The van der Waals surface area contributed by atoms with Gasteiger partial charge in [0, 0.05) is 7.11 Å². The van der Waals surface area contributed by atoms with Crippen LogP contribution in [0.25, 0.3) is 0 Å². The second-order valence-electron chi connectivity index (χ2n) is 7.86. The SMILES string of the molecule is COCCOc1ccc(C(F)(F)F)cc1NC(=O)CN1C(=O)NC(C)(c2ccccc2C)C1=O. The first kappa shape index (κ1) is 25.0. The third kappa shape index (κ3) is 5.14. The molecule has 34 heavy (non-hydrogen) atoms. The number of amides is 4. The van der Waals surface area contributed by atoms with Gasteiger partial charge in [-0.25, -0.2) is 4.79 Å². The second kappa shape index (κ2) is 9.72. The number of carbonyl (C=O) groups excluding carboxylic acids is 3. The van der Waals surface area contributed by atoms with E-state index in [0.717, 1.165) is 28.7 Å². The quantitative estimate of drug-likeness (QED) is 0.447. The van der Waals surface area contributed by atoms with E-state index in [2.05, 4.69) is 10.6 Å². The number of benzene rings is 2. The van der Waals surface area contributed by atoms with Crippen molar-refractivity contribution in [3.63, 3.8) is 0 Å². The number of urea groups is 1. The minimum absolute atomic E-state index is 0.0136. The van der Waals surface area contributed by atoms with Gasteiger partial charge in [-0.1, -0.05) is 24.3 Å². The Labute approximate surface area is 194 Å². The first-order chi connectivity index (χ1) is 16.0. The van der Waals surface area contributed by atoms with Gasteiger partial charge >= 0.3 is 12.2 Å². The molecule has 0 aliphatic carbocycles. The topological polar surface area (TPSA) is 97.0 Å². The molecular formula is C23H24F3N3O5. The van der Waals surface area contributed by atoms with Gasteiger partial charge in [-0.15, -0.1) is 0 Å². The highest BCUT2D eigenvalue weighted by molar-refractivity contribution is 6.10. The van der Waals surface area contributed by atoms with Crippen LogP contribution in [0.5, 0.6) is 5.75 Å². The van der Waals surface area contributed by atoms with Crippen molar-refractivity contribution in [2.75, 3.05) is 32.2 Å². The van der Waals surface area contributed by atoms with Crippen molar-refractivity contribution in [1.82, 2.24) is 10.2 Å². The van der Waals surface area contributed by atoms with Crippen molar-refractivity contribution in [1.29, 1.82) is 0 Å². The predicted molar refractivity (Wildman–Crippen MR) is 116 cm³/mol. The number of anilines is 1. The van der Waals surface area contributed by atoms with Crippen LogP contribution in [-0.2, 0) is 26.0 Å². The molecule has 1 unspecified atom stereocenters. The maximum absolute atomic E-state index is 13.2. The summed E-state index contributed by atoms with van der Waals surface area (Å²) in [4.78, 5) is 39.0. The minimum Gasteiger partial charge on any atom is -0.489 e. The van der Waals surface area contributed by atoms with Crippen LogP contribution < -0.4 is 15.4 Å². The van der Waals surface area contributed by atoms with E-state index in [1.165, 1.54) is 14.0 Å². The summed E-state index contributed by atoms with van der Waals surface area (Å²) in [5.74, 6) is -1.53. The standard InChI is InChI=1S/C23H24F3N3O5/c1-14-6-4-5-7-16(14)22(2)20(31)29(21(32)28-22)13-19(30)27-17-12-15(23(24,25)26)8-9-18(17)34-11-10-33-3/h4-9,12H,10-11,13H2,1-3H3,(H,27,30)(H,28,32). The van der Waals surface area contributed by atoms with Crippen LogP contribution in [0.3, 0.4) is 0 Å². The fourth-order valence-corrected chi connectivity index (χ4v) is 3.66. The Bertz CT molecular complexity index is 1110. The van der Waals surface area contributed by atoms with Crippen LogP contribution >= 0.6 is 0 Å². The van der Waals surface area contributed by atoms with E-state index in [0.29, 0.717) is 5.56 Å². The average molecular weight is 479 g/mol.